The van der Waals surface area contributed by atoms with Crippen LogP contribution in [0.3, 0.4) is 0 Å². The molecule has 2 heterocycles. The van der Waals surface area contributed by atoms with E-state index in [1.807, 2.05) is 42.6 Å². The molecule has 0 N–H and O–H groups in total. The zero-order valence-electron chi connectivity index (χ0n) is 20.3. The molecule has 0 fully saturated rings. The Morgan fingerprint density at radius 1 is 0.556 bits per heavy atom. The number of hydrogen-bond acceptors (Lipinski definition) is 2. The van der Waals surface area contributed by atoms with Crippen molar-refractivity contribution in [3.8, 4) is 0 Å². The molecule has 0 aliphatic heterocycles. The van der Waals surface area contributed by atoms with E-state index in [2.05, 4.69) is 131 Å². The molecule has 174 valence electrons. The van der Waals surface area contributed by atoms with Gasteiger partial charge in [0.25, 0.3) is 0 Å². The third kappa shape index (κ3) is 5.65. The van der Waals surface area contributed by atoms with Crippen molar-refractivity contribution in [2.75, 3.05) is 4.90 Å². The van der Waals surface area contributed by atoms with E-state index in [-0.39, 0.29) is 0 Å². The predicted octanol–water partition coefficient (Wildman–Crippen LogP) is 7.72. The van der Waals surface area contributed by atoms with Crippen LogP contribution in [0.25, 0.3) is 24.3 Å². The van der Waals surface area contributed by atoms with Gasteiger partial charge in [0.15, 0.2) is 6.20 Å². The van der Waals surface area contributed by atoms with Crippen molar-refractivity contribution in [1.82, 2.24) is 4.98 Å². The number of nitrogens with zero attached hydrogens (tertiary/aromatic N) is 3. The Morgan fingerprint density at radius 2 is 1.14 bits per heavy atom. The quantitative estimate of drug-likeness (QED) is 0.229. The van der Waals surface area contributed by atoms with Crippen LogP contribution in [0.1, 0.15) is 22.5 Å². The van der Waals surface area contributed by atoms with Gasteiger partial charge < -0.3 is 4.90 Å². The molecule has 5 rings (SSSR count). The Labute approximate surface area is 213 Å². The van der Waals surface area contributed by atoms with E-state index in [9.17, 15) is 0 Å². The smallest absolute Gasteiger partial charge is 0.204 e. The average molecular weight is 467 g/mol. The van der Waals surface area contributed by atoms with Crippen molar-refractivity contribution in [3.63, 3.8) is 0 Å². The number of benzene rings is 3. The maximum Gasteiger partial charge on any atom is 0.204 e. The van der Waals surface area contributed by atoms with E-state index in [4.69, 9.17) is 0 Å². The molecule has 3 aromatic carbocycles. The summed E-state index contributed by atoms with van der Waals surface area (Å²) in [5.74, 6) is 0. The molecule has 3 heteroatoms. The first-order valence-corrected chi connectivity index (χ1v) is 12.0. The topological polar surface area (TPSA) is 20.0 Å². The number of rotatable bonds is 7. The van der Waals surface area contributed by atoms with Gasteiger partial charge in [-0.1, -0.05) is 54.6 Å². The third-order valence-electron chi connectivity index (χ3n) is 5.99. The normalized spacial score (nSPS) is 11.2. The number of pyridine rings is 2. The van der Waals surface area contributed by atoms with Crippen molar-refractivity contribution < 1.29 is 4.57 Å². The molecule has 5 aromatic rings. The highest BCUT2D eigenvalue weighted by molar-refractivity contribution is 5.79. The number of hydrogen-bond donors (Lipinski definition) is 0. The SMILES string of the molecule is C[n+]1ccccc1/C=C/c1ccc(N(c2ccccc2)c2ccc(/C=C/c3ccccn3)cc2)cc1. The summed E-state index contributed by atoms with van der Waals surface area (Å²) < 4.78 is 2.11. The molecule has 0 atom stereocenters. The second-order valence-corrected chi connectivity index (χ2v) is 8.51. The Bertz CT molecular complexity index is 1450. The van der Waals surface area contributed by atoms with Crippen molar-refractivity contribution in [2.45, 2.75) is 0 Å². The first-order chi connectivity index (χ1) is 17.8. The van der Waals surface area contributed by atoms with Crippen LogP contribution in [0.5, 0.6) is 0 Å². The Morgan fingerprint density at radius 3 is 1.75 bits per heavy atom. The number of anilines is 3. The Kier molecular flexibility index (Phi) is 7.10. The van der Waals surface area contributed by atoms with Gasteiger partial charge in [0.2, 0.25) is 5.69 Å². The zero-order chi connectivity index (χ0) is 24.6. The van der Waals surface area contributed by atoms with Gasteiger partial charge in [-0.2, -0.15) is 0 Å². The predicted molar refractivity (Wildman–Crippen MR) is 151 cm³/mol. The van der Waals surface area contributed by atoms with Crippen LogP contribution >= 0.6 is 0 Å². The lowest BCUT2D eigenvalue weighted by atomic mass is 10.1. The highest BCUT2D eigenvalue weighted by Gasteiger charge is 2.12. The Balaban J connectivity index is 1.40. The van der Waals surface area contributed by atoms with Gasteiger partial charge in [0.1, 0.15) is 7.05 Å². The van der Waals surface area contributed by atoms with Crippen LogP contribution in [0.15, 0.2) is 128 Å². The van der Waals surface area contributed by atoms with Gasteiger partial charge in [-0.3, -0.25) is 4.98 Å². The largest absolute Gasteiger partial charge is 0.311 e. The number of aryl methyl sites for hydroxylation is 1. The average Bonchev–Trinajstić information content (AvgIpc) is 2.94. The molecule has 0 bridgehead atoms. The lowest BCUT2D eigenvalue weighted by molar-refractivity contribution is -0.673. The van der Waals surface area contributed by atoms with Gasteiger partial charge in [0.05, 0.1) is 5.69 Å². The summed E-state index contributed by atoms with van der Waals surface area (Å²) in [7, 11) is 2.06. The van der Waals surface area contributed by atoms with Crippen LogP contribution in [-0.2, 0) is 7.05 Å². The molecule has 0 saturated heterocycles. The van der Waals surface area contributed by atoms with Gasteiger partial charge in [-0.25, -0.2) is 4.57 Å². The minimum Gasteiger partial charge on any atom is -0.311 e. The summed E-state index contributed by atoms with van der Waals surface area (Å²) in [5, 5.41) is 0. The van der Waals surface area contributed by atoms with Crippen LogP contribution in [0.2, 0.25) is 0 Å². The van der Waals surface area contributed by atoms with E-state index in [0.29, 0.717) is 0 Å². The molecular formula is C33H28N3+. The van der Waals surface area contributed by atoms with E-state index < -0.39 is 0 Å². The van der Waals surface area contributed by atoms with Crippen LogP contribution in [0.4, 0.5) is 17.1 Å². The summed E-state index contributed by atoms with van der Waals surface area (Å²) >= 11 is 0. The third-order valence-corrected chi connectivity index (χ3v) is 5.99. The van der Waals surface area contributed by atoms with Crippen molar-refractivity contribution >= 4 is 41.4 Å². The van der Waals surface area contributed by atoms with E-state index in [1.54, 1.807) is 0 Å². The fourth-order valence-corrected chi connectivity index (χ4v) is 4.04. The van der Waals surface area contributed by atoms with E-state index >= 15 is 0 Å². The molecule has 3 nitrogen and oxygen atoms in total. The van der Waals surface area contributed by atoms with Crippen molar-refractivity contribution in [3.05, 3.63) is 150 Å². The molecule has 0 aliphatic rings. The first-order valence-electron chi connectivity index (χ1n) is 12.0. The van der Waals surface area contributed by atoms with E-state index in [0.717, 1.165) is 39.6 Å². The second kappa shape index (κ2) is 11.1. The molecule has 0 amide bonds. The summed E-state index contributed by atoms with van der Waals surface area (Å²) in [6.07, 6.45) is 12.3. The maximum atomic E-state index is 4.36. The molecule has 0 radical (unpaired) electrons. The summed E-state index contributed by atoms with van der Waals surface area (Å²) in [5.41, 5.74) is 7.73. The fourth-order valence-electron chi connectivity index (χ4n) is 4.04. The fraction of sp³-hybridized carbons (Fsp3) is 0.0303. The number of aromatic nitrogens is 2. The first kappa shape index (κ1) is 23.0. The molecule has 0 spiro atoms. The van der Waals surface area contributed by atoms with Gasteiger partial charge in [-0.05, 0) is 77.9 Å². The molecule has 0 aliphatic carbocycles. The lowest BCUT2D eigenvalue weighted by Crippen LogP contribution is -2.30. The Hall–Kier alpha value is -4.76. The standard InChI is InChI=1S/C33H28N3/c1-35-26-8-6-10-30(35)20-14-28-17-23-33(24-18-28)36(31-11-3-2-4-12-31)32-21-15-27(16-22-32)13-19-29-9-5-7-25-34-29/h2-26H,1H3/q+1/b19-13+. The molecular weight excluding hydrogens is 438 g/mol. The zero-order valence-corrected chi connectivity index (χ0v) is 20.3. The van der Waals surface area contributed by atoms with Crippen LogP contribution in [-0.4, -0.2) is 4.98 Å². The van der Waals surface area contributed by atoms with Crippen molar-refractivity contribution in [1.29, 1.82) is 0 Å². The second-order valence-electron chi connectivity index (χ2n) is 8.51. The van der Waals surface area contributed by atoms with Crippen LogP contribution in [0, 0.1) is 0 Å². The maximum absolute atomic E-state index is 4.36. The monoisotopic (exact) mass is 466 g/mol. The minimum absolute atomic E-state index is 0.947. The van der Waals surface area contributed by atoms with Gasteiger partial charge in [-0.15, -0.1) is 0 Å². The number of para-hydroxylation sites is 1. The van der Waals surface area contributed by atoms with E-state index in [1.165, 1.54) is 0 Å². The molecule has 0 unspecified atom stereocenters. The van der Waals surface area contributed by atoms with Gasteiger partial charge >= 0.3 is 0 Å². The highest BCUT2D eigenvalue weighted by Crippen LogP contribution is 2.34. The summed E-state index contributed by atoms with van der Waals surface area (Å²) in [4.78, 5) is 6.63. The highest BCUT2D eigenvalue weighted by atomic mass is 15.1. The summed E-state index contributed by atoms with van der Waals surface area (Å²) in [6, 6.07) is 39.9. The van der Waals surface area contributed by atoms with Crippen molar-refractivity contribution in [2.24, 2.45) is 7.05 Å². The molecule has 2 aromatic heterocycles. The van der Waals surface area contributed by atoms with Crippen LogP contribution < -0.4 is 9.47 Å². The minimum atomic E-state index is 0.947. The molecule has 0 saturated carbocycles. The van der Waals surface area contributed by atoms with Gasteiger partial charge in [0, 0.05) is 41.5 Å². The lowest BCUT2D eigenvalue weighted by Gasteiger charge is -2.25. The molecule has 36 heavy (non-hydrogen) atoms. The summed E-state index contributed by atoms with van der Waals surface area (Å²) in [6.45, 7) is 0.